The van der Waals surface area contributed by atoms with Crippen LogP contribution >= 0.6 is 0 Å². The molecule has 1 aliphatic heterocycles. The number of rotatable bonds is 4. The van der Waals surface area contributed by atoms with Crippen molar-refractivity contribution < 1.29 is 14.4 Å². The molecule has 1 aliphatic carbocycles. The molecule has 1 saturated heterocycles. The van der Waals surface area contributed by atoms with E-state index >= 15 is 0 Å². The Morgan fingerprint density at radius 1 is 1.13 bits per heavy atom. The van der Waals surface area contributed by atoms with Crippen LogP contribution < -0.4 is 10.6 Å². The summed E-state index contributed by atoms with van der Waals surface area (Å²) in [5.41, 5.74) is -0.388. The van der Waals surface area contributed by atoms with Crippen LogP contribution in [0.2, 0.25) is 0 Å². The van der Waals surface area contributed by atoms with Crippen molar-refractivity contribution in [3.8, 4) is 6.07 Å². The number of urea groups is 1. The molecular weight excluding hydrogens is 392 g/mol. The fourth-order valence-electron chi connectivity index (χ4n) is 4.39. The minimum atomic E-state index is -1.23. The summed E-state index contributed by atoms with van der Waals surface area (Å²) in [5.74, 6) is -0.956. The van der Waals surface area contributed by atoms with Gasteiger partial charge in [-0.3, -0.25) is 14.5 Å². The number of amides is 4. The van der Waals surface area contributed by atoms with Crippen molar-refractivity contribution in [3.63, 3.8) is 0 Å². The molecule has 3 rings (SSSR count). The van der Waals surface area contributed by atoms with Gasteiger partial charge in [0.05, 0.1) is 6.07 Å². The third kappa shape index (κ3) is 4.58. The van der Waals surface area contributed by atoms with E-state index in [2.05, 4.69) is 37.5 Å². The molecule has 31 heavy (non-hydrogen) atoms. The molecule has 0 bridgehead atoms. The van der Waals surface area contributed by atoms with Gasteiger partial charge >= 0.3 is 6.03 Å². The lowest BCUT2D eigenvalue weighted by atomic mass is 9.84. The molecule has 166 valence electrons. The Balaban J connectivity index is 1.74. The average molecular weight is 425 g/mol. The second-order valence-electron chi connectivity index (χ2n) is 9.93. The summed E-state index contributed by atoms with van der Waals surface area (Å²) in [6.45, 7) is 7.57. The SMILES string of the molecule is CC(C)(C)c1ccc(C2(C)NC(=O)N(CC(=O)NC3(C#N)CCCCCC3)C2=O)cc1. The second-order valence-corrected chi connectivity index (χ2v) is 9.93. The van der Waals surface area contributed by atoms with Gasteiger partial charge in [0.2, 0.25) is 5.91 Å². The van der Waals surface area contributed by atoms with Crippen LogP contribution in [0.3, 0.4) is 0 Å². The van der Waals surface area contributed by atoms with E-state index in [0.29, 0.717) is 18.4 Å². The first kappa shape index (κ1) is 22.8. The molecule has 1 unspecified atom stereocenters. The number of carbonyl (C=O) groups is 3. The number of benzene rings is 1. The first-order valence-corrected chi connectivity index (χ1v) is 11.0. The number of nitrogens with zero attached hydrogens (tertiary/aromatic N) is 2. The molecule has 1 heterocycles. The molecule has 7 heteroatoms. The van der Waals surface area contributed by atoms with E-state index in [1.807, 2.05) is 24.3 Å². The van der Waals surface area contributed by atoms with Crippen molar-refractivity contribution in [2.45, 2.75) is 82.7 Å². The molecule has 2 fully saturated rings. The lowest BCUT2D eigenvalue weighted by molar-refractivity contribution is -0.135. The highest BCUT2D eigenvalue weighted by molar-refractivity contribution is 6.09. The molecule has 1 atom stereocenters. The van der Waals surface area contributed by atoms with Gasteiger partial charge in [0.15, 0.2) is 0 Å². The minimum Gasteiger partial charge on any atom is -0.336 e. The first-order chi connectivity index (χ1) is 14.5. The van der Waals surface area contributed by atoms with Crippen molar-refractivity contribution in [2.24, 2.45) is 0 Å². The Hall–Kier alpha value is -2.88. The molecular formula is C24H32N4O3. The number of imide groups is 1. The predicted molar refractivity (Wildman–Crippen MR) is 117 cm³/mol. The predicted octanol–water partition coefficient (Wildman–Crippen LogP) is 3.48. The largest absolute Gasteiger partial charge is 0.336 e. The summed E-state index contributed by atoms with van der Waals surface area (Å²) in [4.78, 5) is 39.4. The standard InChI is InChI=1S/C24H32N4O3/c1-22(2,3)17-9-11-18(12-10-17)23(4)20(30)28(21(31)27-23)15-19(29)26-24(16-25)13-7-5-6-8-14-24/h9-12H,5-8,13-15H2,1-4H3,(H,26,29)(H,27,31). The Labute approximate surface area is 184 Å². The van der Waals surface area contributed by atoms with Crippen molar-refractivity contribution in [1.29, 1.82) is 5.26 Å². The molecule has 2 N–H and O–H groups in total. The number of nitriles is 1. The molecule has 0 spiro atoms. The summed E-state index contributed by atoms with van der Waals surface area (Å²) in [5, 5.41) is 15.2. The van der Waals surface area contributed by atoms with Gasteiger partial charge in [-0.2, -0.15) is 5.26 Å². The van der Waals surface area contributed by atoms with Crippen LogP contribution in [0.4, 0.5) is 4.79 Å². The van der Waals surface area contributed by atoms with Gasteiger partial charge < -0.3 is 10.6 Å². The monoisotopic (exact) mass is 424 g/mol. The Morgan fingerprint density at radius 2 is 1.71 bits per heavy atom. The number of hydrogen-bond acceptors (Lipinski definition) is 4. The van der Waals surface area contributed by atoms with E-state index in [0.717, 1.165) is 36.1 Å². The Kier molecular flexibility index (Phi) is 6.13. The molecule has 0 radical (unpaired) electrons. The molecule has 0 aromatic heterocycles. The van der Waals surface area contributed by atoms with E-state index in [9.17, 15) is 19.6 Å². The van der Waals surface area contributed by atoms with Crippen molar-refractivity contribution in [3.05, 3.63) is 35.4 Å². The van der Waals surface area contributed by atoms with E-state index < -0.39 is 35.5 Å². The van der Waals surface area contributed by atoms with Gasteiger partial charge in [-0.05, 0) is 36.3 Å². The fraction of sp³-hybridized carbons (Fsp3) is 0.583. The first-order valence-electron chi connectivity index (χ1n) is 11.0. The summed E-state index contributed by atoms with van der Waals surface area (Å²) in [6, 6.07) is 9.26. The lowest BCUT2D eigenvalue weighted by Gasteiger charge is -2.27. The van der Waals surface area contributed by atoms with Crippen LogP contribution in [0.1, 0.15) is 77.3 Å². The van der Waals surface area contributed by atoms with E-state index in [1.165, 1.54) is 0 Å². The van der Waals surface area contributed by atoms with Gasteiger partial charge in [0.25, 0.3) is 5.91 Å². The highest BCUT2D eigenvalue weighted by Crippen LogP contribution is 2.31. The van der Waals surface area contributed by atoms with Crippen LogP contribution in [0, 0.1) is 11.3 Å². The van der Waals surface area contributed by atoms with Crippen molar-refractivity contribution in [2.75, 3.05) is 6.54 Å². The molecule has 7 nitrogen and oxygen atoms in total. The molecule has 1 aromatic rings. The van der Waals surface area contributed by atoms with Gasteiger partial charge in [-0.25, -0.2) is 4.79 Å². The van der Waals surface area contributed by atoms with Gasteiger partial charge in [0, 0.05) is 0 Å². The Morgan fingerprint density at radius 3 is 2.23 bits per heavy atom. The van der Waals surface area contributed by atoms with Crippen LogP contribution in [0.5, 0.6) is 0 Å². The van der Waals surface area contributed by atoms with Crippen LogP contribution in [0.25, 0.3) is 0 Å². The lowest BCUT2D eigenvalue weighted by Crippen LogP contribution is -2.51. The minimum absolute atomic E-state index is 0.0266. The zero-order valence-corrected chi connectivity index (χ0v) is 18.9. The van der Waals surface area contributed by atoms with Gasteiger partial charge in [-0.1, -0.05) is 70.7 Å². The third-order valence-corrected chi connectivity index (χ3v) is 6.45. The van der Waals surface area contributed by atoms with E-state index in [-0.39, 0.29) is 5.41 Å². The maximum absolute atomic E-state index is 13.1. The van der Waals surface area contributed by atoms with Gasteiger partial charge in [0.1, 0.15) is 17.6 Å². The van der Waals surface area contributed by atoms with Crippen LogP contribution in [0.15, 0.2) is 24.3 Å². The second kappa shape index (κ2) is 8.33. The number of carbonyl (C=O) groups excluding carboxylic acids is 3. The Bertz CT molecular complexity index is 902. The van der Waals surface area contributed by atoms with Crippen molar-refractivity contribution in [1.82, 2.24) is 15.5 Å². The molecule has 1 saturated carbocycles. The van der Waals surface area contributed by atoms with Crippen molar-refractivity contribution >= 4 is 17.8 Å². The van der Waals surface area contributed by atoms with Crippen LogP contribution in [-0.2, 0) is 20.5 Å². The smallest absolute Gasteiger partial charge is 0.325 e. The number of hydrogen-bond donors (Lipinski definition) is 2. The zero-order valence-electron chi connectivity index (χ0n) is 18.9. The molecule has 4 amide bonds. The summed E-state index contributed by atoms with van der Waals surface area (Å²) in [6.07, 6.45) is 5.01. The highest BCUT2D eigenvalue weighted by atomic mass is 16.2. The van der Waals surface area contributed by atoms with Crippen LogP contribution in [-0.4, -0.2) is 34.8 Å². The maximum Gasteiger partial charge on any atom is 0.325 e. The summed E-state index contributed by atoms with van der Waals surface area (Å²) < 4.78 is 0. The maximum atomic E-state index is 13.1. The third-order valence-electron chi connectivity index (χ3n) is 6.45. The molecule has 2 aliphatic rings. The number of nitrogens with one attached hydrogen (secondary N) is 2. The summed E-state index contributed by atoms with van der Waals surface area (Å²) >= 11 is 0. The fourth-order valence-corrected chi connectivity index (χ4v) is 4.39. The molecule has 1 aromatic carbocycles. The topological polar surface area (TPSA) is 102 Å². The summed E-state index contributed by atoms with van der Waals surface area (Å²) in [7, 11) is 0. The normalized spacial score (nSPS) is 23.6. The highest BCUT2D eigenvalue weighted by Gasteiger charge is 2.49. The van der Waals surface area contributed by atoms with Gasteiger partial charge in [-0.15, -0.1) is 0 Å². The quantitative estimate of drug-likeness (QED) is 0.570. The van der Waals surface area contributed by atoms with E-state index in [1.54, 1.807) is 6.92 Å². The zero-order chi connectivity index (χ0) is 22.9. The average Bonchev–Trinajstić information content (AvgIpc) is 2.88. The van der Waals surface area contributed by atoms with E-state index in [4.69, 9.17) is 0 Å².